The fraction of sp³-hybridized carbons (Fsp3) is 0.400. The molecule has 1 aromatic carbocycles. The molecule has 0 spiro atoms. The van der Waals surface area contributed by atoms with Crippen LogP contribution in [0, 0.1) is 0 Å². The van der Waals surface area contributed by atoms with E-state index in [4.69, 9.17) is 18.5 Å². The SMILES string of the molecule is COc1cc(/C(=C/Nc2ncccn2)P(=O)(OC(C)C)OC(C)C)cc(OC)c1O. The predicted molar refractivity (Wildman–Crippen MR) is 115 cm³/mol. The standard InChI is InChI=1S/C20H28N3O6P/c1-13(2)28-30(25,29-14(3)4)18(12-23-20-21-8-7-9-22-20)15-10-16(26-5)19(24)17(11-15)27-6/h7-14,24H,1-6H3,(H,21,22,23)/b18-12-. The first kappa shape index (κ1) is 23.7. The van der Waals surface area contributed by atoms with Crippen LogP contribution in [0.15, 0.2) is 36.8 Å². The summed E-state index contributed by atoms with van der Waals surface area (Å²) in [4.78, 5) is 8.20. The lowest BCUT2D eigenvalue weighted by atomic mass is 10.1. The number of rotatable bonds is 10. The second-order valence-electron chi connectivity index (χ2n) is 6.78. The van der Waals surface area contributed by atoms with Crippen LogP contribution in [0.5, 0.6) is 17.2 Å². The zero-order valence-corrected chi connectivity index (χ0v) is 18.8. The summed E-state index contributed by atoms with van der Waals surface area (Å²) in [6.07, 6.45) is 3.85. The van der Waals surface area contributed by atoms with Gasteiger partial charge < -0.3 is 28.9 Å². The molecule has 2 aromatic rings. The average Bonchev–Trinajstić information content (AvgIpc) is 2.68. The first-order chi connectivity index (χ1) is 14.2. The van der Waals surface area contributed by atoms with Gasteiger partial charge in [-0.3, -0.25) is 4.57 Å². The van der Waals surface area contributed by atoms with Crippen LogP contribution in [-0.4, -0.2) is 41.5 Å². The molecule has 0 unspecified atom stereocenters. The number of methoxy groups -OCH3 is 2. The Hall–Kier alpha value is -2.61. The quantitative estimate of drug-likeness (QED) is 0.513. The van der Waals surface area contributed by atoms with Crippen molar-refractivity contribution >= 4 is 18.9 Å². The number of hydrogen-bond donors (Lipinski definition) is 2. The van der Waals surface area contributed by atoms with Crippen LogP contribution < -0.4 is 14.8 Å². The van der Waals surface area contributed by atoms with Crippen LogP contribution in [0.25, 0.3) is 5.31 Å². The van der Waals surface area contributed by atoms with Crippen LogP contribution in [0.3, 0.4) is 0 Å². The van der Waals surface area contributed by atoms with Crippen molar-refractivity contribution in [3.05, 3.63) is 42.4 Å². The number of benzene rings is 1. The second-order valence-corrected chi connectivity index (χ2v) is 8.68. The number of phenolic OH excluding ortho intramolecular Hbond substituents is 1. The molecule has 0 bridgehead atoms. The van der Waals surface area contributed by atoms with Crippen molar-refractivity contribution in [3.63, 3.8) is 0 Å². The van der Waals surface area contributed by atoms with Crippen LogP contribution in [0.2, 0.25) is 0 Å². The number of aromatic nitrogens is 2. The van der Waals surface area contributed by atoms with Gasteiger partial charge in [0.05, 0.1) is 31.7 Å². The molecule has 2 rings (SSSR count). The molecule has 2 N–H and O–H groups in total. The number of nitrogens with zero attached hydrogens (tertiary/aromatic N) is 2. The van der Waals surface area contributed by atoms with E-state index in [1.165, 1.54) is 32.6 Å². The van der Waals surface area contributed by atoms with Crippen LogP contribution >= 0.6 is 7.60 Å². The number of phenols is 1. The molecule has 0 atom stereocenters. The van der Waals surface area contributed by atoms with Crippen LogP contribution in [0.4, 0.5) is 5.95 Å². The van der Waals surface area contributed by atoms with Gasteiger partial charge in [0.25, 0.3) is 0 Å². The molecular weight excluding hydrogens is 409 g/mol. The van der Waals surface area contributed by atoms with E-state index in [9.17, 15) is 9.67 Å². The van der Waals surface area contributed by atoms with E-state index in [-0.39, 0.29) is 34.8 Å². The minimum Gasteiger partial charge on any atom is -0.502 e. The number of hydrogen-bond acceptors (Lipinski definition) is 9. The van der Waals surface area contributed by atoms with Gasteiger partial charge in [-0.2, -0.15) is 0 Å². The second kappa shape index (κ2) is 10.4. The molecule has 1 heterocycles. The summed E-state index contributed by atoms with van der Waals surface area (Å²) >= 11 is 0. The summed E-state index contributed by atoms with van der Waals surface area (Å²) in [5.74, 6) is 0.416. The first-order valence-electron chi connectivity index (χ1n) is 9.36. The van der Waals surface area contributed by atoms with Gasteiger partial charge >= 0.3 is 7.60 Å². The van der Waals surface area contributed by atoms with Gasteiger partial charge in [0, 0.05) is 18.6 Å². The van der Waals surface area contributed by atoms with Crippen molar-refractivity contribution in [1.82, 2.24) is 9.97 Å². The smallest absolute Gasteiger partial charge is 0.363 e. The summed E-state index contributed by atoms with van der Waals surface area (Å²) in [6, 6.07) is 4.73. The minimum atomic E-state index is -3.83. The van der Waals surface area contributed by atoms with E-state index in [2.05, 4.69) is 15.3 Å². The molecule has 0 aliphatic carbocycles. The Labute approximate surface area is 176 Å². The molecule has 0 fully saturated rings. The molecule has 164 valence electrons. The minimum absolute atomic E-state index is 0.145. The average molecular weight is 437 g/mol. The van der Waals surface area contributed by atoms with Crippen molar-refractivity contribution in [2.24, 2.45) is 0 Å². The van der Waals surface area contributed by atoms with E-state index in [1.54, 1.807) is 46.2 Å². The zero-order valence-electron chi connectivity index (χ0n) is 17.9. The molecule has 0 radical (unpaired) electrons. The monoisotopic (exact) mass is 437 g/mol. The maximum Gasteiger partial charge on any atom is 0.363 e. The summed E-state index contributed by atoms with van der Waals surface area (Å²) in [5.41, 5.74) is 0.412. The van der Waals surface area contributed by atoms with Crippen LogP contribution in [-0.2, 0) is 13.6 Å². The van der Waals surface area contributed by atoms with Gasteiger partial charge in [-0.25, -0.2) is 9.97 Å². The third-order valence-corrected chi connectivity index (χ3v) is 6.05. The van der Waals surface area contributed by atoms with Gasteiger partial charge in [-0.1, -0.05) is 0 Å². The molecule has 0 saturated heterocycles. The summed E-state index contributed by atoms with van der Waals surface area (Å²) in [6.45, 7) is 7.05. The molecule has 9 nitrogen and oxygen atoms in total. The van der Waals surface area contributed by atoms with Gasteiger partial charge in [0.2, 0.25) is 11.7 Å². The highest BCUT2D eigenvalue weighted by Crippen LogP contribution is 2.62. The molecular formula is C20H28N3O6P. The Morgan fingerprint density at radius 2 is 1.53 bits per heavy atom. The summed E-state index contributed by atoms with van der Waals surface area (Å²) < 4.78 is 35.9. The molecule has 30 heavy (non-hydrogen) atoms. The van der Waals surface area contributed by atoms with Crippen molar-refractivity contribution in [1.29, 1.82) is 0 Å². The predicted octanol–water partition coefficient (Wildman–Crippen LogP) is 4.65. The van der Waals surface area contributed by atoms with E-state index < -0.39 is 7.60 Å². The fourth-order valence-electron chi connectivity index (χ4n) is 2.56. The van der Waals surface area contributed by atoms with Crippen molar-refractivity contribution in [2.45, 2.75) is 39.9 Å². The zero-order chi connectivity index (χ0) is 22.3. The molecule has 10 heteroatoms. The maximum absolute atomic E-state index is 13.9. The topological polar surface area (TPSA) is 112 Å². The number of aromatic hydroxyl groups is 1. The highest BCUT2D eigenvalue weighted by Gasteiger charge is 2.35. The van der Waals surface area contributed by atoms with Gasteiger partial charge in [0.15, 0.2) is 11.5 Å². The number of ether oxygens (including phenoxy) is 2. The fourth-order valence-corrected chi connectivity index (χ4v) is 4.62. The largest absolute Gasteiger partial charge is 0.502 e. The molecule has 0 saturated carbocycles. The lowest BCUT2D eigenvalue weighted by Gasteiger charge is -2.25. The van der Waals surface area contributed by atoms with Gasteiger partial charge in [0.1, 0.15) is 0 Å². The molecule has 0 aliphatic heterocycles. The molecule has 1 aromatic heterocycles. The summed E-state index contributed by atoms with van der Waals surface area (Å²) in [7, 11) is -1.01. The van der Waals surface area contributed by atoms with Crippen molar-refractivity contribution < 1.29 is 28.2 Å². The highest BCUT2D eigenvalue weighted by molar-refractivity contribution is 7.65. The first-order valence-corrected chi connectivity index (χ1v) is 10.9. The van der Waals surface area contributed by atoms with Crippen molar-refractivity contribution in [3.8, 4) is 17.2 Å². The van der Waals surface area contributed by atoms with E-state index in [0.717, 1.165) is 0 Å². The highest BCUT2D eigenvalue weighted by atomic mass is 31.2. The van der Waals surface area contributed by atoms with E-state index >= 15 is 0 Å². The Morgan fingerprint density at radius 1 is 1.03 bits per heavy atom. The van der Waals surface area contributed by atoms with Gasteiger partial charge in [-0.05, 0) is 51.5 Å². The normalized spacial score (nSPS) is 12.3. The Morgan fingerprint density at radius 3 is 1.97 bits per heavy atom. The van der Waals surface area contributed by atoms with E-state index in [1.807, 2.05) is 0 Å². The lowest BCUT2D eigenvalue weighted by molar-refractivity contribution is 0.150. The third-order valence-electron chi connectivity index (χ3n) is 3.67. The Bertz CT molecular complexity index is 879. The molecule has 0 aliphatic rings. The van der Waals surface area contributed by atoms with Crippen molar-refractivity contribution in [2.75, 3.05) is 19.5 Å². The van der Waals surface area contributed by atoms with E-state index in [0.29, 0.717) is 11.5 Å². The lowest BCUT2D eigenvalue weighted by Crippen LogP contribution is -2.10. The number of anilines is 1. The number of nitrogens with one attached hydrogen (secondary N) is 1. The Kier molecular flexibility index (Phi) is 8.23. The van der Waals surface area contributed by atoms with Crippen LogP contribution in [0.1, 0.15) is 33.3 Å². The Balaban J connectivity index is 2.67. The third kappa shape index (κ3) is 5.95. The summed E-state index contributed by atoms with van der Waals surface area (Å²) in [5, 5.41) is 13.4. The van der Waals surface area contributed by atoms with Gasteiger partial charge in [-0.15, -0.1) is 0 Å². The molecule has 0 amide bonds. The maximum atomic E-state index is 13.9.